The molecule has 0 spiro atoms. The third kappa shape index (κ3) is 5.23. The van der Waals surface area contributed by atoms with Gasteiger partial charge in [-0.2, -0.15) is 0 Å². The molecular weight excluding hydrogens is 190 g/mol. The van der Waals surface area contributed by atoms with Crippen LogP contribution in [-0.4, -0.2) is 26.9 Å². The number of hydrogen-bond donors (Lipinski definition) is 1. The van der Waals surface area contributed by atoms with E-state index in [1.165, 1.54) is 6.42 Å². The van der Waals surface area contributed by atoms with Crippen molar-refractivity contribution >= 4 is 10.0 Å². The standard InChI is InChI=1S/C8H17NO3S/c9-13(10,11)7-2-1-6-12-8-4-3-5-8/h8H,1-7H2,(H2,9,10,11). The Bertz CT molecular complexity index is 234. The van der Waals surface area contributed by atoms with Crippen LogP contribution in [0.5, 0.6) is 0 Å². The highest BCUT2D eigenvalue weighted by Crippen LogP contribution is 2.21. The first-order valence-corrected chi connectivity index (χ1v) is 6.41. The molecular formula is C8H17NO3S. The zero-order valence-corrected chi connectivity index (χ0v) is 8.55. The number of hydrogen-bond acceptors (Lipinski definition) is 3. The molecule has 4 nitrogen and oxygen atoms in total. The monoisotopic (exact) mass is 207 g/mol. The van der Waals surface area contributed by atoms with Crippen LogP contribution in [0.25, 0.3) is 0 Å². The van der Waals surface area contributed by atoms with Crippen molar-refractivity contribution in [1.82, 2.24) is 0 Å². The summed E-state index contributed by atoms with van der Waals surface area (Å²) < 4.78 is 26.5. The van der Waals surface area contributed by atoms with Gasteiger partial charge in [-0.05, 0) is 32.1 Å². The third-order valence-corrected chi connectivity index (χ3v) is 3.09. The summed E-state index contributed by atoms with van der Waals surface area (Å²) in [5.41, 5.74) is 0. The van der Waals surface area contributed by atoms with Gasteiger partial charge in [0.05, 0.1) is 11.9 Å². The molecule has 1 aliphatic rings. The molecule has 0 radical (unpaired) electrons. The molecule has 1 saturated carbocycles. The second kappa shape index (κ2) is 4.93. The first-order valence-electron chi connectivity index (χ1n) is 4.70. The molecule has 0 heterocycles. The first-order chi connectivity index (χ1) is 6.08. The number of ether oxygens (including phenoxy) is 1. The lowest BCUT2D eigenvalue weighted by molar-refractivity contribution is 0.00124. The largest absolute Gasteiger partial charge is 0.378 e. The third-order valence-electron chi connectivity index (χ3n) is 2.23. The molecule has 2 N–H and O–H groups in total. The van der Waals surface area contributed by atoms with E-state index in [0.29, 0.717) is 19.1 Å². The Morgan fingerprint density at radius 1 is 1.31 bits per heavy atom. The molecule has 0 amide bonds. The number of unbranched alkanes of at least 4 members (excludes halogenated alkanes) is 1. The zero-order valence-electron chi connectivity index (χ0n) is 7.74. The minimum atomic E-state index is -3.27. The normalized spacial score (nSPS) is 18.5. The van der Waals surface area contributed by atoms with E-state index in [2.05, 4.69) is 0 Å². The molecule has 0 aromatic carbocycles. The molecule has 0 aromatic heterocycles. The van der Waals surface area contributed by atoms with Crippen LogP contribution in [-0.2, 0) is 14.8 Å². The molecule has 0 saturated heterocycles. The molecule has 0 aromatic rings. The zero-order chi connectivity index (χ0) is 9.73. The van der Waals surface area contributed by atoms with E-state index in [1.54, 1.807) is 0 Å². The van der Waals surface area contributed by atoms with Crippen molar-refractivity contribution in [3.63, 3.8) is 0 Å². The van der Waals surface area contributed by atoms with Gasteiger partial charge >= 0.3 is 0 Å². The summed E-state index contributed by atoms with van der Waals surface area (Å²) in [5.74, 6) is 0.0705. The first kappa shape index (κ1) is 10.9. The van der Waals surface area contributed by atoms with Gasteiger partial charge in [0, 0.05) is 6.61 Å². The second-order valence-corrected chi connectivity index (χ2v) is 5.23. The van der Waals surface area contributed by atoms with Crippen LogP contribution in [0.4, 0.5) is 0 Å². The molecule has 78 valence electrons. The van der Waals surface area contributed by atoms with E-state index in [9.17, 15) is 8.42 Å². The summed E-state index contributed by atoms with van der Waals surface area (Å²) in [7, 11) is -3.27. The highest BCUT2D eigenvalue weighted by atomic mass is 32.2. The molecule has 0 aliphatic heterocycles. The van der Waals surface area contributed by atoms with Crippen molar-refractivity contribution in [3.05, 3.63) is 0 Å². The molecule has 1 aliphatic carbocycles. The summed E-state index contributed by atoms with van der Waals surface area (Å²) in [6.45, 7) is 0.667. The minimum Gasteiger partial charge on any atom is -0.378 e. The fraction of sp³-hybridized carbons (Fsp3) is 1.00. The molecule has 1 rings (SSSR count). The second-order valence-electron chi connectivity index (χ2n) is 3.50. The van der Waals surface area contributed by atoms with Gasteiger partial charge in [0.15, 0.2) is 0 Å². The number of primary sulfonamides is 1. The Morgan fingerprint density at radius 2 is 2.00 bits per heavy atom. The van der Waals surface area contributed by atoms with Gasteiger partial charge in [0.2, 0.25) is 10.0 Å². The highest BCUT2D eigenvalue weighted by molar-refractivity contribution is 7.89. The Balaban J connectivity index is 1.89. The van der Waals surface area contributed by atoms with Gasteiger partial charge in [-0.1, -0.05) is 0 Å². The predicted molar refractivity (Wildman–Crippen MR) is 50.8 cm³/mol. The van der Waals surface area contributed by atoms with Crippen LogP contribution >= 0.6 is 0 Å². The quantitative estimate of drug-likeness (QED) is 0.649. The lowest BCUT2D eigenvalue weighted by Crippen LogP contribution is -2.22. The molecule has 5 heteroatoms. The van der Waals surface area contributed by atoms with E-state index < -0.39 is 10.0 Å². The predicted octanol–water partition coefficient (Wildman–Crippen LogP) is 0.624. The minimum absolute atomic E-state index is 0.0705. The number of nitrogens with two attached hydrogens (primary N) is 1. The van der Waals surface area contributed by atoms with Gasteiger partial charge in [0.1, 0.15) is 0 Å². The van der Waals surface area contributed by atoms with Gasteiger partial charge in [-0.3, -0.25) is 0 Å². The fourth-order valence-electron chi connectivity index (χ4n) is 1.19. The van der Waals surface area contributed by atoms with Crippen molar-refractivity contribution in [2.75, 3.05) is 12.4 Å². The SMILES string of the molecule is NS(=O)(=O)CCCCOC1CCC1. The van der Waals surface area contributed by atoms with Crippen LogP contribution in [0.3, 0.4) is 0 Å². The Hall–Kier alpha value is -0.130. The fourth-order valence-corrected chi connectivity index (χ4v) is 1.80. The summed E-state index contributed by atoms with van der Waals surface area (Å²) in [5, 5.41) is 4.85. The van der Waals surface area contributed by atoms with E-state index in [-0.39, 0.29) is 5.75 Å². The molecule has 0 bridgehead atoms. The van der Waals surface area contributed by atoms with Gasteiger partial charge in [-0.25, -0.2) is 13.6 Å². The maximum Gasteiger partial charge on any atom is 0.209 e. The maximum atomic E-state index is 10.5. The summed E-state index contributed by atoms with van der Waals surface area (Å²) in [6.07, 6.45) is 5.42. The van der Waals surface area contributed by atoms with Crippen molar-refractivity contribution in [3.8, 4) is 0 Å². The van der Waals surface area contributed by atoms with Gasteiger partial charge in [0.25, 0.3) is 0 Å². The smallest absolute Gasteiger partial charge is 0.209 e. The van der Waals surface area contributed by atoms with E-state index >= 15 is 0 Å². The van der Waals surface area contributed by atoms with Crippen molar-refractivity contribution in [2.24, 2.45) is 5.14 Å². The van der Waals surface area contributed by atoms with Crippen molar-refractivity contribution < 1.29 is 13.2 Å². The van der Waals surface area contributed by atoms with Gasteiger partial charge in [-0.15, -0.1) is 0 Å². The Labute approximate surface area is 79.5 Å². The van der Waals surface area contributed by atoms with Crippen LogP contribution in [0.15, 0.2) is 0 Å². The summed E-state index contributed by atoms with van der Waals surface area (Å²) in [4.78, 5) is 0. The molecule has 0 unspecified atom stereocenters. The van der Waals surface area contributed by atoms with Crippen molar-refractivity contribution in [1.29, 1.82) is 0 Å². The maximum absolute atomic E-state index is 10.5. The summed E-state index contributed by atoms with van der Waals surface area (Å²) >= 11 is 0. The summed E-state index contributed by atoms with van der Waals surface area (Å²) in [6, 6.07) is 0. The average molecular weight is 207 g/mol. The number of rotatable bonds is 6. The number of sulfonamides is 1. The van der Waals surface area contributed by atoms with Crippen molar-refractivity contribution in [2.45, 2.75) is 38.2 Å². The van der Waals surface area contributed by atoms with Crippen LogP contribution in [0.1, 0.15) is 32.1 Å². The van der Waals surface area contributed by atoms with E-state index in [0.717, 1.165) is 19.3 Å². The van der Waals surface area contributed by atoms with E-state index in [4.69, 9.17) is 9.88 Å². The molecule has 1 fully saturated rings. The van der Waals surface area contributed by atoms with E-state index in [1.807, 2.05) is 0 Å². The lowest BCUT2D eigenvalue weighted by atomic mass is 9.96. The lowest BCUT2D eigenvalue weighted by Gasteiger charge is -2.25. The Morgan fingerprint density at radius 3 is 2.46 bits per heavy atom. The Kier molecular flexibility index (Phi) is 4.15. The highest BCUT2D eigenvalue weighted by Gasteiger charge is 2.17. The van der Waals surface area contributed by atoms with Crippen LogP contribution in [0, 0.1) is 0 Å². The van der Waals surface area contributed by atoms with Crippen LogP contribution < -0.4 is 5.14 Å². The topological polar surface area (TPSA) is 69.4 Å². The van der Waals surface area contributed by atoms with Crippen LogP contribution in [0.2, 0.25) is 0 Å². The molecule has 13 heavy (non-hydrogen) atoms. The van der Waals surface area contributed by atoms with Gasteiger partial charge < -0.3 is 4.74 Å². The molecule has 0 atom stereocenters. The average Bonchev–Trinajstić information content (AvgIpc) is 1.90.